The van der Waals surface area contributed by atoms with E-state index >= 15 is 0 Å². The molecular weight excluding hydrogens is 364 g/mol. The predicted molar refractivity (Wildman–Crippen MR) is 98.8 cm³/mol. The zero-order valence-electron chi connectivity index (χ0n) is 14.0. The van der Waals surface area contributed by atoms with E-state index in [1.54, 1.807) is 7.11 Å². The second-order valence-corrected chi connectivity index (χ2v) is 7.66. The molecule has 2 aromatic carbocycles. The molecule has 1 unspecified atom stereocenters. The number of amides is 1. The second kappa shape index (κ2) is 7.76. The molecule has 134 valence electrons. The van der Waals surface area contributed by atoms with Crippen LogP contribution >= 0.6 is 11.6 Å². The molecule has 0 saturated carbocycles. The molecule has 0 radical (unpaired) electrons. The van der Waals surface area contributed by atoms with Crippen molar-refractivity contribution in [1.29, 1.82) is 0 Å². The molecule has 0 spiro atoms. The fraction of sp³-hybridized carbons (Fsp3) is 0.235. The van der Waals surface area contributed by atoms with Crippen molar-refractivity contribution in [2.24, 2.45) is 0 Å². The van der Waals surface area contributed by atoms with Gasteiger partial charge in [0.15, 0.2) is 0 Å². The number of hydrogen-bond donors (Lipinski definition) is 2. The Morgan fingerprint density at radius 3 is 2.52 bits per heavy atom. The van der Waals surface area contributed by atoms with E-state index in [0.29, 0.717) is 5.75 Å². The van der Waals surface area contributed by atoms with Crippen LogP contribution < -0.4 is 14.8 Å². The molecule has 0 fully saturated rings. The highest BCUT2D eigenvalue weighted by molar-refractivity contribution is 7.92. The summed E-state index contributed by atoms with van der Waals surface area (Å²) in [5, 5.41) is 3.06. The van der Waals surface area contributed by atoms with Crippen molar-refractivity contribution in [2.75, 3.05) is 18.1 Å². The molecule has 1 atom stereocenters. The minimum atomic E-state index is -3.45. The first-order valence-electron chi connectivity index (χ1n) is 7.42. The lowest BCUT2D eigenvalue weighted by atomic mass is 10.1. The smallest absolute Gasteiger partial charge is 0.253 e. The summed E-state index contributed by atoms with van der Waals surface area (Å²) in [4.78, 5) is 12.6. The van der Waals surface area contributed by atoms with Gasteiger partial charge in [-0.2, -0.15) is 0 Å². The third kappa shape index (κ3) is 5.11. The van der Waals surface area contributed by atoms with E-state index in [-0.39, 0.29) is 22.3 Å². The van der Waals surface area contributed by atoms with Gasteiger partial charge in [0, 0.05) is 11.3 Å². The molecule has 0 saturated heterocycles. The van der Waals surface area contributed by atoms with Crippen LogP contribution in [-0.4, -0.2) is 27.7 Å². The van der Waals surface area contributed by atoms with Gasteiger partial charge in [0.2, 0.25) is 10.0 Å². The van der Waals surface area contributed by atoms with Gasteiger partial charge in [-0.15, -0.1) is 0 Å². The molecular formula is C17H19ClN2O4S. The third-order valence-corrected chi connectivity index (χ3v) is 4.40. The Balaban J connectivity index is 2.24. The van der Waals surface area contributed by atoms with E-state index in [1.807, 2.05) is 31.2 Å². The van der Waals surface area contributed by atoms with Gasteiger partial charge >= 0.3 is 0 Å². The number of carbonyl (C=O) groups is 1. The number of carbonyl (C=O) groups excluding carboxylic acids is 1. The number of rotatable bonds is 6. The van der Waals surface area contributed by atoms with Crippen molar-refractivity contribution in [2.45, 2.75) is 13.0 Å². The van der Waals surface area contributed by atoms with Crippen LogP contribution in [0.5, 0.6) is 5.75 Å². The van der Waals surface area contributed by atoms with Crippen molar-refractivity contribution < 1.29 is 17.9 Å². The standard InChI is InChI=1S/C17H19ClN2O4S/c1-11(13-6-4-5-7-16(13)24-2)19-17(21)14-10-12(8-9-15(14)18)20-25(3,22)23/h4-11,20H,1-3H3,(H,19,21). The van der Waals surface area contributed by atoms with Gasteiger partial charge in [-0.1, -0.05) is 29.8 Å². The van der Waals surface area contributed by atoms with Gasteiger partial charge in [0.05, 0.1) is 30.0 Å². The molecule has 2 aromatic rings. The minimum absolute atomic E-state index is 0.178. The van der Waals surface area contributed by atoms with Gasteiger partial charge in [-0.3, -0.25) is 9.52 Å². The van der Waals surface area contributed by atoms with E-state index in [4.69, 9.17) is 16.3 Å². The number of hydrogen-bond acceptors (Lipinski definition) is 4. The monoisotopic (exact) mass is 382 g/mol. The first-order valence-corrected chi connectivity index (χ1v) is 9.69. The quantitative estimate of drug-likeness (QED) is 0.803. The molecule has 0 aliphatic rings. The van der Waals surface area contributed by atoms with Gasteiger partial charge in [0.1, 0.15) is 5.75 Å². The maximum atomic E-state index is 12.6. The first kappa shape index (κ1) is 19.1. The molecule has 0 bridgehead atoms. The van der Waals surface area contributed by atoms with E-state index in [1.165, 1.54) is 18.2 Å². The van der Waals surface area contributed by atoms with Crippen LogP contribution in [0.4, 0.5) is 5.69 Å². The largest absolute Gasteiger partial charge is 0.496 e. The number of anilines is 1. The summed E-state index contributed by atoms with van der Waals surface area (Å²) in [6.07, 6.45) is 1.03. The maximum absolute atomic E-state index is 12.6. The van der Waals surface area contributed by atoms with Crippen molar-refractivity contribution in [1.82, 2.24) is 5.32 Å². The average molecular weight is 383 g/mol. The van der Waals surface area contributed by atoms with Crippen molar-refractivity contribution in [3.8, 4) is 5.75 Å². The van der Waals surface area contributed by atoms with Crippen molar-refractivity contribution in [3.63, 3.8) is 0 Å². The van der Waals surface area contributed by atoms with Crippen LogP contribution in [0.1, 0.15) is 28.9 Å². The predicted octanol–water partition coefficient (Wildman–Crippen LogP) is 3.21. The number of ether oxygens (including phenoxy) is 1. The summed E-state index contributed by atoms with van der Waals surface area (Å²) >= 11 is 6.09. The highest BCUT2D eigenvalue weighted by Crippen LogP contribution is 2.26. The Morgan fingerprint density at radius 1 is 1.20 bits per heavy atom. The normalized spacial score (nSPS) is 12.3. The fourth-order valence-electron chi connectivity index (χ4n) is 2.35. The number of halogens is 1. The Bertz CT molecular complexity index is 884. The lowest BCUT2D eigenvalue weighted by Gasteiger charge is -2.18. The molecule has 0 aliphatic carbocycles. The zero-order valence-corrected chi connectivity index (χ0v) is 15.6. The van der Waals surface area contributed by atoms with Crippen LogP contribution in [0.3, 0.4) is 0 Å². The van der Waals surface area contributed by atoms with Crippen molar-refractivity contribution >= 4 is 33.2 Å². The van der Waals surface area contributed by atoms with Gasteiger partial charge in [0.25, 0.3) is 5.91 Å². The molecule has 2 rings (SSSR count). The van der Waals surface area contributed by atoms with Gasteiger partial charge < -0.3 is 10.1 Å². The Kier molecular flexibility index (Phi) is 5.92. The van der Waals surface area contributed by atoms with Crippen LogP contribution in [0.2, 0.25) is 5.02 Å². The van der Waals surface area contributed by atoms with Crippen LogP contribution in [-0.2, 0) is 10.0 Å². The van der Waals surface area contributed by atoms with Gasteiger partial charge in [-0.05, 0) is 31.2 Å². The number of methoxy groups -OCH3 is 1. The lowest BCUT2D eigenvalue weighted by molar-refractivity contribution is 0.0939. The highest BCUT2D eigenvalue weighted by atomic mass is 35.5. The molecule has 6 nitrogen and oxygen atoms in total. The van der Waals surface area contributed by atoms with E-state index in [2.05, 4.69) is 10.0 Å². The zero-order chi connectivity index (χ0) is 18.6. The molecule has 0 aromatic heterocycles. The molecule has 25 heavy (non-hydrogen) atoms. The number of para-hydroxylation sites is 1. The summed E-state index contributed by atoms with van der Waals surface area (Å²) < 4.78 is 30.3. The van der Waals surface area contributed by atoms with Crippen LogP contribution in [0, 0.1) is 0 Å². The Hall–Kier alpha value is -2.25. The van der Waals surface area contributed by atoms with Crippen LogP contribution in [0.25, 0.3) is 0 Å². The van der Waals surface area contributed by atoms with Crippen molar-refractivity contribution in [3.05, 3.63) is 58.6 Å². The Morgan fingerprint density at radius 2 is 1.88 bits per heavy atom. The summed E-state index contributed by atoms with van der Waals surface area (Å²) in [6.45, 7) is 1.82. The summed E-state index contributed by atoms with van der Waals surface area (Å²) in [5.74, 6) is 0.245. The van der Waals surface area contributed by atoms with E-state index in [9.17, 15) is 13.2 Å². The molecule has 1 amide bonds. The molecule has 8 heteroatoms. The Labute approximate surface area is 152 Å². The highest BCUT2D eigenvalue weighted by Gasteiger charge is 2.17. The lowest BCUT2D eigenvalue weighted by Crippen LogP contribution is -2.27. The number of benzene rings is 2. The summed E-state index contributed by atoms with van der Waals surface area (Å²) in [6, 6.07) is 11.4. The number of sulfonamides is 1. The first-order chi connectivity index (χ1) is 11.7. The third-order valence-electron chi connectivity index (χ3n) is 3.47. The van der Waals surface area contributed by atoms with E-state index < -0.39 is 15.9 Å². The van der Waals surface area contributed by atoms with E-state index in [0.717, 1.165) is 11.8 Å². The maximum Gasteiger partial charge on any atom is 0.253 e. The average Bonchev–Trinajstić information content (AvgIpc) is 2.55. The molecule has 0 heterocycles. The van der Waals surface area contributed by atoms with Gasteiger partial charge in [-0.25, -0.2) is 8.42 Å². The summed E-state index contributed by atoms with van der Waals surface area (Å²) in [5.41, 5.74) is 1.26. The molecule has 2 N–H and O–H groups in total. The SMILES string of the molecule is COc1ccccc1C(C)NC(=O)c1cc(NS(C)(=O)=O)ccc1Cl. The fourth-order valence-corrected chi connectivity index (χ4v) is 3.11. The minimum Gasteiger partial charge on any atom is -0.496 e. The topological polar surface area (TPSA) is 84.5 Å². The molecule has 0 aliphatic heterocycles. The second-order valence-electron chi connectivity index (χ2n) is 5.51. The summed E-state index contributed by atoms with van der Waals surface area (Å²) in [7, 11) is -1.89. The van der Waals surface area contributed by atoms with Crippen LogP contribution in [0.15, 0.2) is 42.5 Å². The number of nitrogens with one attached hydrogen (secondary N) is 2.